The van der Waals surface area contributed by atoms with E-state index in [9.17, 15) is 24.3 Å². The third-order valence-electron chi connectivity index (χ3n) is 5.53. The van der Waals surface area contributed by atoms with Gasteiger partial charge in [0.15, 0.2) is 0 Å². The lowest BCUT2D eigenvalue weighted by Gasteiger charge is -2.23. The molecule has 38 heavy (non-hydrogen) atoms. The van der Waals surface area contributed by atoms with E-state index >= 15 is 0 Å². The van der Waals surface area contributed by atoms with Gasteiger partial charge in [0.1, 0.15) is 31.0 Å². The number of carboxylic acids is 1. The van der Waals surface area contributed by atoms with Crippen molar-refractivity contribution in [3.63, 3.8) is 0 Å². The summed E-state index contributed by atoms with van der Waals surface area (Å²) in [6, 6.07) is 21.9. The molecule has 10 heteroatoms. The maximum absolute atomic E-state index is 13.3. The molecule has 2 atom stereocenters. The Morgan fingerprint density at radius 1 is 0.684 bits per heavy atom. The molecule has 0 unspecified atom stereocenters. The maximum Gasteiger partial charge on any atom is 0.408 e. The number of aliphatic carboxylic acids is 1. The summed E-state index contributed by atoms with van der Waals surface area (Å²) in [7, 11) is 0. The van der Waals surface area contributed by atoms with Crippen molar-refractivity contribution in [2.75, 3.05) is 6.54 Å². The van der Waals surface area contributed by atoms with Gasteiger partial charge in [-0.1, -0.05) is 72.8 Å². The Balaban J connectivity index is 1.74. The lowest BCUT2D eigenvalue weighted by atomic mass is 10.0. The molecule has 0 saturated heterocycles. The van der Waals surface area contributed by atoms with Crippen LogP contribution in [-0.2, 0) is 38.6 Å². The van der Waals surface area contributed by atoms with Crippen molar-refractivity contribution in [2.24, 2.45) is 0 Å². The number of amides is 3. The molecule has 0 fully saturated rings. The van der Waals surface area contributed by atoms with Crippen LogP contribution in [0.2, 0.25) is 0 Å². The second-order valence-corrected chi connectivity index (χ2v) is 8.49. The number of hydrogen-bond donors (Lipinski definition) is 5. The molecule has 0 bridgehead atoms. The normalized spacial score (nSPS) is 12.0. The predicted octanol–water partition coefficient (Wildman–Crippen LogP) is 2.16. The number of carboxylic acid groups (broad SMARTS) is 1. The van der Waals surface area contributed by atoms with Crippen molar-refractivity contribution in [1.82, 2.24) is 16.0 Å². The minimum atomic E-state index is -1.24. The monoisotopic (exact) mass is 519 g/mol. The van der Waals surface area contributed by atoms with Crippen LogP contribution in [0.1, 0.15) is 16.7 Å². The minimum Gasteiger partial charge on any atom is -0.508 e. The van der Waals surface area contributed by atoms with Gasteiger partial charge >= 0.3 is 12.1 Å². The third-order valence-corrected chi connectivity index (χ3v) is 5.53. The highest BCUT2D eigenvalue weighted by atomic mass is 16.5. The number of rotatable bonds is 12. The summed E-state index contributed by atoms with van der Waals surface area (Å²) in [5.74, 6) is -2.57. The van der Waals surface area contributed by atoms with E-state index in [1.54, 1.807) is 48.5 Å². The highest BCUT2D eigenvalue weighted by Crippen LogP contribution is 2.12. The van der Waals surface area contributed by atoms with Crippen molar-refractivity contribution in [3.05, 3.63) is 102 Å². The Bertz CT molecular complexity index is 1220. The van der Waals surface area contributed by atoms with E-state index in [1.807, 2.05) is 24.3 Å². The van der Waals surface area contributed by atoms with Crippen LogP contribution in [-0.4, -0.2) is 52.7 Å². The van der Waals surface area contributed by atoms with Crippen molar-refractivity contribution in [3.8, 4) is 5.75 Å². The van der Waals surface area contributed by atoms with Gasteiger partial charge in [-0.15, -0.1) is 0 Å². The summed E-state index contributed by atoms with van der Waals surface area (Å²) in [5.41, 5.74) is 2.16. The van der Waals surface area contributed by atoms with E-state index in [1.165, 1.54) is 12.1 Å². The van der Waals surface area contributed by atoms with Gasteiger partial charge in [-0.05, 0) is 28.8 Å². The van der Waals surface area contributed by atoms with Crippen molar-refractivity contribution >= 4 is 23.9 Å². The van der Waals surface area contributed by atoms with Gasteiger partial charge in [-0.3, -0.25) is 14.4 Å². The Morgan fingerprint density at radius 2 is 1.21 bits per heavy atom. The molecule has 0 radical (unpaired) electrons. The summed E-state index contributed by atoms with van der Waals surface area (Å²) < 4.78 is 5.27. The number of aromatic hydroxyl groups is 1. The first kappa shape index (κ1) is 27.7. The highest BCUT2D eigenvalue weighted by molar-refractivity contribution is 5.92. The summed E-state index contributed by atoms with van der Waals surface area (Å²) in [6.45, 7) is -0.619. The molecule has 3 aromatic carbocycles. The standard InChI is InChI=1S/C28H29N3O7/c32-22-13-11-20(12-14-22)16-23(26(35)29-17-25(33)34)30-27(36)24(15-19-7-3-1-4-8-19)31-28(37)38-18-21-9-5-2-6-10-21/h1-14,23-24,32H,15-18H2,(H,29,35)(H,30,36)(H,31,37)(H,33,34)/t23-,24-/m0/s1. The van der Waals surface area contributed by atoms with E-state index in [2.05, 4.69) is 16.0 Å². The molecule has 3 aromatic rings. The number of nitrogens with one attached hydrogen (secondary N) is 3. The molecule has 0 aliphatic heterocycles. The molecule has 198 valence electrons. The second-order valence-electron chi connectivity index (χ2n) is 8.49. The lowest BCUT2D eigenvalue weighted by molar-refractivity contribution is -0.138. The van der Waals surface area contributed by atoms with Crippen LogP contribution < -0.4 is 16.0 Å². The molecule has 0 aliphatic carbocycles. The van der Waals surface area contributed by atoms with E-state index < -0.39 is 42.5 Å². The van der Waals surface area contributed by atoms with Crippen LogP contribution in [0, 0.1) is 0 Å². The Morgan fingerprint density at radius 3 is 1.79 bits per heavy atom. The number of carbonyl (C=O) groups excluding carboxylic acids is 3. The molecule has 10 nitrogen and oxygen atoms in total. The Labute approximate surface area is 219 Å². The number of benzene rings is 3. The van der Waals surface area contributed by atoms with E-state index in [-0.39, 0.29) is 25.2 Å². The van der Waals surface area contributed by atoms with Crippen LogP contribution in [0.25, 0.3) is 0 Å². The predicted molar refractivity (Wildman–Crippen MR) is 138 cm³/mol. The van der Waals surface area contributed by atoms with Crippen LogP contribution in [0.3, 0.4) is 0 Å². The van der Waals surface area contributed by atoms with Gasteiger partial charge in [0.25, 0.3) is 0 Å². The third kappa shape index (κ3) is 9.30. The molecular weight excluding hydrogens is 490 g/mol. The van der Waals surface area contributed by atoms with Crippen molar-refractivity contribution in [2.45, 2.75) is 31.5 Å². The summed E-state index contributed by atoms with van der Waals surface area (Å²) in [6.07, 6.45) is -0.667. The van der Waals surface area contributed by atoms with Crippen LogP contribution >= 0.6 is 0 Å². The number of ether oxygens (including phenoxy) is 1. The molecule has 0 heterocycles. The van der Waals surface area contributed by atoms with Crippen molar-refractivity contribution in [1.29, 1.82) is 0 Å². The average molecular weight is 520 g/mol. The molecule has 3 rings (SSSR count). The summed E-state index contributed by atoms with van der Waals surface area (Å²) >= 11 is 0. The number of phenols is 1. The van der Waals surface area contributed by atoms with Gasteiger partial charge in [0, 0.05) is 12.8 Å². The zero-order chi connectivity index (χ0) is 27.3. The molecule has 0 saturated carbocycles. The largest absolute Gasteiger partial charge is 0.508 e. The number of carbonyl (C=O) groups is 4. The lowest BCUT2D eigenvalue weighted by Crippen LogP contribution is -2.55. The zero-order valence-corrected chi connectivity index (χ0v) is 20.5. The molecule has 5 N–H and O–H groups in total. The first-order valence-electron chi connectivity index (χ1n) is 11.9. The number of alkyl carbamates (subject to hydrolysis) is 1. The first-order valence-corrected chi connectivity index (χ1v) is 11.9. The van der Waals surface area contributed by atoms with E-state index in [0.717, 1.165) is 11.1 Å². The second kappa shape index (κ2) is 14.0. The van der Waals surface area contributed by atoms with Gasteiger partial charge in [-0.25, -0.2) is 4.79 Å². The van der Waals surface area contributed by atoms with Crippen LogP contribution in [0.4, 0.5) is 4.79 Å². The average Bonchev–Trinajstić information content (AvgIpc) is 2.92. The van der Waals surface area contributed by atoms with Gasteiger partial charge in [0.2, 0.25) is 11.8 Å². The van der Waals surface area contributed by atoms with E-state index in [4.69, 9.17) is 9.84 Å². The van der Waals surface area contributed by atoms with Gasteiger partial charge in [-0.2, -0.15) is 0 Å². The zero-order valence-electron chi connectivity index (χ0n) is 20.5. The molecule has 0 spiro atoms. The highest BCUT2D eigenvalue weighted by Gasteiger charge is 2.28. The minimum absolute atomic E-state index is 0.00736. The smallest absolute Gasteiger partial charge is 0.408 e. The van der Waals surface area contributed by atoms with Crippen LogP contribution in [0.15, 0.2) is 84.9 Å². The fraction of sp³-hybridized carbons (Fsp3) is 0.214. The maximum atomic E-state index is 13.3. The fourth-order valence-corrected chi connectivity index (χ4v) is 3.60. The molecule has 0 aromatic heterocycles. The summed E-state index contributed by atoms with van der Waals surface area (Å²) in [5, 5.41) is 25.9. The first-order chi connectivity index (χ1) is 18.3. The summed E-state index contributed by atoms with van der Waals surface area (Å²) in [4.78, 5) is 49.6. The SMILES string of the molecule is O=C(O)CNC(=O)[C@H](Cc1ccc(O)cc1)NC(=O)[C@H](Cc1ccccc1)NC(=O)OCc1ccccc1. The topological polar surface area (TPSA) is 154 Å². The number of phenolic OH excluding ortho intramolecular Hbond substituents is 1. The molecule has 0 aliphatic rings. The van der Waals surface area contributed by atoms with E-state index in [0.29, 0.717) is 5.56 Å². The van der Waals surface area contributed by atoms with Crippen molar-refractivity contribution < 1.29 is 34.1 Å². The Hall–Kier alpha value is -4.86. The van der Waals surface area contributed by atoms with Gasteiger partial charge < -0.3 is 30.9 Å². The van der Waals surface area contributed by atoms with Gasteiger partial charge in [0.05, 0.1) is 0 Å². The molecule has 3 amide bonds. The fourth-order valence-electron chi connectivity index (χ4n) is 3.60. The van der Waals surface area contributed by atoms with Crippen LogP contribution in [0.5, 0.6) is 5.75 Å². The molecular formula is C28H29N3O7. The quantitative estimate of drug-likeness (QED) is 0.246. The number of hydrogen-bond acceptors (Lipinski definition) is 6. The Kier molecular flexibility index (Phi) is 10.2.